The molecule has 0 aliphatic carbocycles. The fraction of sp³-hybridized carbons (Fsp3) is 0.571. The van der Waals surface area contributed by atoms with Crippen LogP contribution in [0.1, 0.15) is 18.9 Å². The normalized spacial score (nSPS) is 22.8. The zero-order valence-corrected chi connectivity index (χ0v) is 12.4. The highest BCUT2D eigenvalue weighted by Crippen LogP contribution is 2.32. The molecule has 2 atom stereocenters. The largest absolute Gasteiger partial charge is 0.497 e. The van der Waals surface area contributed by atoms with Crippen molar-refractivity contribution in [1.82, 2.24) is 0 Å². The highest BCUT2D eigenvalue weighted by Gasteiger charge is 2.35. The molecule has 1 heterocycles. The van der Waals surface area contributed by atoms with Crippen LogP contribution in [0.4, 0.5) is 0 Å². The van der Waals surface area contributed by atoms with Crippen molar-refractivity contribution < 1.29 is 14.6 Å². The van der Waals surface area contributed by atoms with Crippen LogP contribution in [0.3, 0.4) is 0 Å². The lowest BCUT2D eigenvalue weighted by Gasteiger charge is -2.29. The Morgan fingerprint density at radius 3 is 2.94 bits per heavy atom. The number of halogens is 1. The number of benzene rings is 1. The van der Waals surface area contributed by atoms with Gasteiger partial charge in [0, 0.05) is 23.4 Å². The first-order valence-corrected chi connectivity index (χ1v) is 6.95. The molecule has 3 nitrogen and oxygen atoms in total. The van der Waals surface area contributed by atoms with Crippen LogP contribution < -0.4 is 4.74 Å². The maximum absolute atomic E-state index is 10.6. The van der Waals surface area contributed by atoms with Crippen molar-refractivity contribution in [3.05, 3.63) is 28.2 Å². The van der Waals surface area contributed by atoms with Crippen LogP contribution in [0.2, 0.25) is 0 Å². The van der Waals surface area contributed by atoms with E-state index < -0.39 is 5.60 Å². The van der Waals surface area contributed by atoms with E-state index in [1.54, 1.807) is 7.11 Å². The van der Waals surface area contributed by atoms with E-state index in [1.165, 1.54) is 0 Å². The molecule has 2 unspecified atom stereocenters. The molecule has 0 spiro atoms. The molecule has 18 heavy (non-hydrogen) atoms. The predicted molar refractivity (Wildman–Crippen MR) is 73.9 cm³/mol. The number of rotatable bonds is 4. The maximum Gasteiger partial charge on any atom is 0.119 e. The van der Waals surface area contributed by atoms with Gasteiger partial charge in [0.2, 0.25) is 0 Å². The molecule has 0 saturated carbocycles. The molecule has 2 rings (SSSR count). The summed E-state index contributed by atoms with van der Waals surface area (Å²) in [6, 6.07) is 5.82. The maximum atomic E-state index is 10.6. The minimum Gasteiger partial charge on any atom is -0.497 e. The molecule has 1 fully saturated rings. The molecule has 1 aliphatic rings. The number of aliphatic hydroxyl groups is 1. The zero-order valence-electron chi connectivity index (χ0n) is 10.8. The number of methoxy groups -OCH3 is 1. The average molecular weight is 315 g/mol. The van der Waals surface area contributed by atoms with E-state index >= 15 is 0 Å². The summed E-state index contributed by atoms with van der Waals surface area (Å²) in [6.45, 7) is 3.28. The summed E-state index contributed by atoms with van der Waals surface area (Å²) in [5.74, 6) is 1.02. The lowest BCUT2D eigenvalue weighted by atomic mass is 9.83. The van der Waals surface area contributed by atoms with Crippen LogP contribution in [-0.4, -0.2) is 31.0 Å². The lowest BCUT2D eigenvalue weighted by molar-refractivity contribution is -0.00469. The number of ether oxygens (including phenoxy) is 2. The van der Waals surface area contributed by atoms with Gasteiger partial charge in [-0.2, -0.15) is 0 Å². The molecule has 1 aliphatic heterocycles. The first kappa shape index (κ1) is 13.8. The van der Waals surface area contributed by atoms with Gasteiger partial charge in [-0.15, -0.1) is 0 Å². The lowest BCUT2D eigenvalue weighted by Crippen LogP contribution is -2.37. The van der Waals surface area contributed by atoms with Crippen LogP contribution in [0.15, 0.2) is 22.7 Å². The fourth-order valence-corrected chi connectivity index (χ4v) is 2.76. The standard InChI is InChI=1S/C14H19BrO3/c1-14(16,11-5-6-18-9-11)8-10-7-12(17-2)3-4-13(10)15/h3-4,7,11,16H,5-6,8-9H2,1-2H3. The van der Waals surface area contributed by atoms with Crippen LogP contribution in [0, 0.1) is 5.92 Å². The molecule has 0 amide bonds. The van der Waals surface area contributed by atoms with Crippen molar-refractivity contribution in [2.75, 3.05) is 20.3 Å². The van der Waals surface area contributed by atoms with Crippen molar-refractivity contribution >= 4 is 15.9 Å². The number of hydrogen-bond donors (Lipinski definition) is 1. The van der Waals surface area contributed by atoms with Crippen LogP contribution in [0.25, 0.3) is 0 Å². The van der Waals surface area contributed by atoms with Crippen molar-refractivity contribution in [3.63, 3.8) is 0 Å². The summed E-state index contributed by atoms with van der Waals surface area (Å²) < 4.78 is 11.6. The van der Waals surface area contributed by atoms with Crippen molar-refractivity contribution in [3.8, 4) is 5.75 Å². The summed E-state index contributed by atoms with van der Waals surface area (Å²) in [4.78, 5) is 0. The van der Waals surface area contributed by atoms with Gasteiger partial charge in [0.05, 0.1) is 19.3 Å². The molecule has 1 saturated heterocycles. The van der Waals surface area contributed by atoms with Gasteiger partial charge < -0.3 is 14.6 Å². The Kier molecular flexibility index (Phi) is 4.30. The zero-order chi connectivity index (χ0) is 13.2. The van der Waals surface area contributed by atoms with Gasteiger partial charge in [0.25, 0.3) is 0 Å². The van der Waals surface area contributed by atoms with Gasteiger partial charge in [-0.1, -0.05) is 15.9 Å². The molecule has 1 aromatic carbocycles. The van der Waals surface area contributed by atoms with Crippen LogP contribution in [0.5, 0.6) is 5.75 Å². The molecule has 1 aromatic rings. The van der Waals surface area contributed by atoms with E-state index in [1.807, 2.05) is 25.1 Å². The van der Waals surface area contributed by atoms with Gasteiger partial charge in [-0.3, -0.25) is 0 Å². The van der Waals surface area contributed by atoms with Crippen molar-refractivity contribution in [1.29, 1.82) is 0 Å². The molecule has 0 aromatic heterocycles. The highest BCUT2D eigenvalue weighted by atomic mass is 79.9. The third-order valence-electron chi connectivity index (χ3n) is 3.61. The van der Waals surface area contributed by atoms with E-state index in [-0.39, 0.29) is 5.92 Å². The monoisotopic (exact) mass is 314 g/mol. The third kappa shape index (κ3) is 3.05. The second-order valence-corrected chi connectivity index (χ2v) is 5.91. The summed E-state index contributed by atoms with van der Waals surface area (Å²) in [6.07, 6.45) is 1.52. The predicted octanol–water partition coefficient (Wildman–Crippen LogP) is 2.79. The van der Waals surface area contributed by atoms with Gasteiger partial charge in [-0.25, -0.2) is 0 Å². The molecular formula is C14H19BrO3. The van der Waals surface area contributed by atoms with Crippen molar-refractivity contribution in [2.45, 2.75) is 25.4 Å². The Labute approximate surface area is 116 Å². The van der Waals surface area contributed by atoms with E-state index in [0.29, 0.717) is 13.0 Å². The van der Waals surface area contributed by atoms with E-state index in [9.17, 15) is 5.11 Å². The van der Waals surface area contributed by atoms with Gasteiger partial charge in [-0.05, 0) is 37.1 Å². The molecular weight excluding hydrogens is 296 g/mol. The first-order chi connectivity index (χ1) is 8.53. The molecule has 100 valence electrons. The number of hydrogen-bond acceptors (Lipinski definition) is 3. The second kappa shape index (κ2) is 5.59. The smallest absolute Gasteiger partial charge is 0.119 e. The van der Waals surface area contributed by atoms with Gasteiger partial charge >= 0.3 is 0 Å². The SMILES string of the molecule is COc1ccc(Br)c(CC(C)(O)C2CCOC2)c1. The average Bonchev–Trinajstić information content (AvgIpc) is 2.86. The quantitative estimate of drug-likeness (QED) is 0.928. The Hall–Kier alpha value is -0.580. The van der Waals surface area contributed by atoms with E-state index in [2.05, 4.69) is 15.9 Å². The minimum atomic E-state index is -0.745. The summed E-state index contributed by atoms with van der Waals surface area (Å²) in [5.41, 5.74) is 0.317. The minimum absolute atomic E-state index is 0.204. The molecule has 0 radical (unpaired) electrons. The molecule has 0 bridgehead atoms. The van der Waals surface area contributed by atoms with Crippen LogP contribution in [-0.2, 0) is 11.2 Å². The van der Waals surface area contributed by atoms with E-state index in [4.69, 9.17) is 9.47 Å². The molecule has 1 N–H and O–H groups in total. The third-order valence-corrected chi connectivity index (χ3v) is 4.38. The fourth-order valence-electron chi connectivity index (χ4n) is 2.37. The Morgan fingerprint density at radius 2 is 2.33 bits per heavy atom. The summed E-state index contributed by atoms with van der Waals surface area (Å²) in [5, 5.41) is 10.6. The summed E-state index contributed by atoms with van der Waals surface area (Å²) in [7, 11) is 1.65. The first-order valence-electron chi connectivity index (χ1n) is 6.15. The molecule has 4 heteroatoms. The van der Waals surface area contributed by atoms with E-state index in [0.717, 1.165) is 28.8 Å². The Balaban J connectivity index is 2.16. The topological polar surface area (TPSA) is 38.7 Å². The highest BCUT2D eigenvalue weighted by molar-refractivity contribution is 9.10. The Morgan fingerprint density at radius 1 is 1.56 bits per heavy atom. The summed E-state index contributed by atoms with van der Waals surface area (Å²) >= 11 is 3.52. The van der Waals surface area contributed by atoms with Gasteiger partial charge in [0.1, 0.15) is 5.75 Å². The Bertz CT molecular complexity index is 412. The second-order valence-electron chi connectivity index (χ2n) is 5.05. The van der Waals surface area contributed by atoms with Crippen molar-refractivity contribution in [2.24, 2.45) is 5.92 Å². The van der Waals surface area contributed by atoms with Crippen LogP contribution >= 0.6 is 15.9 Å². The van der Waals surface area contributed by atoms with Gasteiger partial charge in [0.15, 0.2) is 0 Å².